The van der Waals surface area contributed by atoms with Gasteiger partial charge in [-0.15, -0.1) is 0 Å². The van der Waals surface area contributed by atoms with E-state index in [1.54, 1.807) is 6.92 Å². The van der Waals surface area contributed by atoms with Crippen molar-refractivity contribution in [1.29, 1.82) is 0 Å². The number of halogens is 2. The average Bonchev–Trinajstić information content (AvgIpc) is 2.67. The van der Waals surface area contributed by atoms with Gasteiger partial charge in [-0.1, -0.05) is 23.7 Å². The highest BCUT2D eigenvalue weighted by Crippen LogP contribution is 2.29. The smallest absolute Gasteiger partial charge is 0.338 e. The van der Waals surface area contributed by atoms with Crippen LogP contribution in [0.15, 0.2) is 64.7 Å². The minimum absolute atomic E-state index is 0.0299. The first kappa shape index (κ1) is 21.8. The first-order valence-corrected chi connectivity index (χ1v) is 11.0. The molecule has 2 N–H and O–H groups in total. The summed E-state index contributed by atoms with van der Waals surface area (Å²) < 4.78 is 44.6. The van der Waals surface area contributed by atoms with Crippen LogP contribution in [-0.4, -0.2) is 32.8 Å². The van der Waals surface area contributed by atoms with E-state index in [9.17, 15) is 22.4 Å². The first-order valence-electron chi connectivity index (χ1n) is 8.92. The van der Waals surface area contributed by atoms with Gasteiger partial charge in [0, 0.05) is 10.7 Å². The standard InChI is InChI=1S/C20H18ClFN2O5S/c1-2-29-19(25)17-16(11-30(27,28)15-8-6-13(21)7-9-15)23-20(26)24-18(17)12-4-3-5-14(22)10-12/h3-10,18H,2,11H2,1H3,(H2,23,24,26)/t18-/m0/s1. The van der Waals surface area contributed by atoms with Crippen LogP contribution >= 0.6 is 11.6 Å². The zero-order chi connectivity index (χ0) is 21.9. The lowest BCUT2D eigenvalue weighted by molar-refractivity contribution is -0.139. The number of amides is 2. The molecule has 0 spiro atoms. The van der Waals surface area contributed by atoms with Gasteiger partial charge in [-0.05, 0) is 48.9 Å². The van der Waals surface area contributed by atoms with E-state index in [1.807, 2.05) is 0 Å². The molecule has 2 aromatic carbocycles. The van der Waals surface area contributed by atoms with E-state index < -0.39 is 39.4 Å². The lowest BCUT2D eigenvalue weighted by Crippen LogP contribution is -2.47. The Morgan fingerprint density at radius 2 is 1.90 bits per heavy atom. The number of hydrogen-bond donors (Lipinski definition) is 2. The van der Waals surface area contributed by atoms with E-state index in [-0.39, 0.29) is 28.3 Å². The Morgan fingerprint density at radius 3 is 2.53 bits per heavy atom. The number of hydrogen-bond acceptors (Lipinski definition) is 5. The molecule has 0 saturated carbocycles. The Kier molecular flexibility index (Phi) is 6.42. The fourth-order valence-electron chi connectivity index (χ4n) is 3.03. The van der Waals surface area contributed by atoms with Crippen molar-refractivity contribution in [2.24, 2.45) is 0 Å². The van der Waals surface area contributed by atoms with Gasteiger partial charge < -0.3 is 15.4 Å². The van der Waals surface area contributed by atoms with E-state index in [4.69, 9.17) is 16.3 Å². The van der Waals surface area contributed by atoms with Gasteiger partial charge in [0.25, 0.3) is 0 Å². The number of ether oxygens (including phenoxy) is 1. The highest BCUT2D eigenvalue weighted by atomic mass is 35.5. The van der Waals surface area contributed by atoms with Gasteiger partial charge in [0.05, 0.1) is 28.9 Å². The Morgan fingerprint density at radius 1 is 1.20 bits per heavy atom. The highest BCUT2D eigenvalue weighted by Gasteiger charge is 2.35. The topological polar surface area (TPSA) is 102 Å². The summed E-state index contributed by atoms with van der Waals surface area (Å²) in [5.41, 5.74) is 0.0234. The molecule has 3 rings (SSSR count). The molecule has 0 aliphatic carbocycles. The van der Waals surface area contributed by atoms with Gasteiger partial charge in [-0.3, -0.25) is 0 Å². The minimum Gasteiger partial charge on any atom is -0.463 e. The second-order valence-electron chi connectivity index (χ2n) is 6.41. The molecule has 10 heteroatoms. The fourth-order valence-corrected chi connectivity index (χ4v) is 4.48. The van der Waals surface area contributed by atoms with Crippen LogP contribution in [0.2, 0.25) is 5.02 Å². The van der Waals surface area contributed by atoms with Crippen molar-refractivity contribution in [2.45, 2.75) is 17.9 Å². The monoisotopic (exact) mass is 452 g/mol. The van der Waals surface area contributed by atoms with Crippen LogP contribution < -0.4 is 10.6 Å². The van der Waals surface area contributed by atoms with Crippen LogP contribution in [0.1, 0.15) is 18.5 Å². The third-order valence-corrected chi connectivity index (χ3v) is 6.25. The van der Waals surface area contributed by atoms with E-state index in [1.165, 1.54) is 42.5 Å². The third kappa shape index (κ3) is 4.80. The normalized spacial score (nSPS) is 16.6. The van der Waals surface area contributed by atoms with Gasteiger partial charge in [0.2, 0.25) is 0 Å². The van der Waals surface area contributed by atoms with E-state index in [0.29, 0.717) is 5.02 Å². The molecule has 0 bridgehead atoms. The molecular weight excluding hydrogens is 435 g/mol. The molecule has 0 saturated heterocycles. The van der Waals surface area contributed by atoms with Crippen LogP contribution in [0, 0.1) is 5.82 Å². The van der Waals surface area contributed by atoms with Crippen molar-refractivity contribution in [1.82, 2.24) is 10.6 Å². The summed E-state index contributed by atoms with van der Waals surface area (Å²) in [6.07, 6.45) is 0. The van der Waals surface area contributed by atoms with E-state index in [0.717, 1.165) is 6.07 Å². The third-order valence-electron chi connectivity index (χ3n) is 4.34. The molecule has 0 aromatic heterocycles. The van der Waals surface area contributed by atoms with Crippen molar-refractivity contribution < 1.29 is 27.1 Å². The molecule has 1 aliphatic rings. The molecule has 0 radical (unpaired) electrons. The lowest BCUT2D eigenvalue weighted by Gasteiger charge is -2.29. The molecule has 158 valence electrons. The zero-order valence-electron chi connectivity index (χ0n) is 15.8. The van der Waals surface area contributed by atoms with Crippen molar-refractivity contribution in [3.63, 3.8) is 0 Å². The van der Waals surface area contributed by atoms with Crippen molar-refractivity contribution in [2.75, 3.05) is 12.4 Å². The summed E-state index contributed by atoms with van der Waals surface area (Å²) in [5.74, 6) is -2.05. The van der Waals surface area contributed by atoms with Gasteiger partial charge in [0.15, 0.2) is 9.84 Å². The maximum absolute atomic E-state index is 13.8. The molecule has 2 aromatic rings. The van der Waals surface area contributed by atoms with Crippen LogP contribution in [0.3, 0.4) is 0 Å². The Labute approximate surface area is 177 Å². The quantitative estimate of drug-likeness (QED) is 0.656. The summed E-state index contributed by atoms with van der Waals surface area (Å²) >= 11 is 5.81. The molecule has 30 heavy (non-hydrogen) atoms. The maximum Gasteiger partial charge on any atom is 0.338 e. The first-order chi connectivity index (χ1) is 14.2. The number of esters is 1. The highest BCUT2D eigenvalue weighted by molar-refractivity contribution is 7.91. The predicted molar refractivity (Wildman–Crippen MR) is 108 cm³/mol. The van der Waals surface area contributed by atoms with Crippen molar-refractivity contribution in [3.05, 3.63) is 76.2 Å². The summed E-state index contributed by atoms with van der Waals surface area (Å²) in [6.45, 7) is 1.62. The molecule has 1 atom stereocenters. The van der Waals surface area contributed by atoms with Gasteiger partial charge in [-0.2, -0.15) is 0 Å². The summed E-state index contributed by atoms with van der Waals surface area (Å²) in [6, 6.07) is 9.01. The molecular formula is C20H18ClFN2O5S. The number of nitrogens with one attached hydrogen (secondary N) is 2. The van der Waals surface area contributed by atoms with Crippen molar-refractivity contribution >= 4 is 33.4 Å². The molecule has 7 nitrogen and oxygen atoms in total. The number of benzene rings is 2. The van der Waals surface area contributed by atoms with E-state index in [2.05, 4.69) is 10.6 Å². The van der Waals surface area contributed by atoms with Gasteiger partial charge >= 0.3 is 12.0 Å². The number of rotatable bonds is 6. The number of carbonyl (C=O) groups excluding carboxylic acids is 2. The number of carbonyl (C=O) groups is 2. The van der Waals surface area contributed by atoms with Crippen LogP contribution in [0.25, 0.3) is 0 Å². The lowest BCUT2D eigenvalue weighted by atomic mass is 9.95. The second kappa shape index (κ2) is 8.85. The molecule has 1 heterocycles. The fraction of sp³-hybridized carbons (Fsp3) is 0.200. The second-order valence-corrected chi connectivity index (χ2v) is 8.84. The van der Waals surface area contributed by atoms with Crippen LogP contribution in [-0.2, 0) is 19.4 Å². The van der Waals surface area contributed by atoms with Crippen LogP contribution in [0.5, 0.6) is 0 Å². The molecule has 0 fully saturated rings. The molecule has 0 unspecified atom stereocenters. The van der Waals surface area contributed by atoms with Crippen molar-refractivity contribution in [3.8, 4) is 0 Å². The maximum atomic E-state index is 13.8. The summed E-state index contributed by atoms with van der Waals surface area (Å²) in [4.78, 5) is 24.9. The number of sulfone groups is 1. The Bertz CT molecular complexity index is 1120. The van der Waals surface area contributed by atoms with Crippen LogP contribution in [0.4, 0.5) is 9.18 Å². The number of urea groups is 1. The SMILES string of the molecule is CCOC(=O)C1=C(CS(=O)(=O)c2ccc(Cl)cc2)NC(=O)N[C@H]1c1cccc(F)c1. The zero-order valence-corrected chi connectivity index (χ0v) is 17.4. The van der Waals surface area contributed by atoms with Gasteiger partial charge in [-0.25, -0.2) is 22.4 Å². The van der Waals surface area contributed by atoms with E-state index >= 15 is 0 Å². The summed E-state index contributed by atoms with van der Waals surface area (Å²) in [5, 5.41) is 5.27. The van der Waals surface area contributed by atoms with Gasteiger partial charge in [0.1, 0.15) is 5.82 Å². The average molecular weight is 453 g/mol. The molecule has 1 aliphatic heterocycles. The largest absolute Gasteiger partial charge is 0.463 e. The molecule has 2 amide bonds. The summed E-state index contributed by atoms with van der Waals surface area (Å²) in [7, 11) is -3.94. The minimum atomic E-state index is -3.94. The Hall–Kier alpha value is -2.91. The Balaban J connectivity index is 2.10. The predicted octanol–water partition coefficient (Wildman–Crippen LogP) is 3.12.